The number of aryl methyl sites for hydroxylation is 1. The van der Waals surface area contributed by atoms with Crippen LogP contribution < -0.4 is 10.6 Å². The smallest absolute Gasteiger partial charge is 0.243 e. The van der Waals surface area contributed by atoms with E-state index in [4.69, 9.17) is 23.2 Å². The van der Waals surface area contributed by atoms with Gasteiger partial charge in [0, 0.05) is 16.9 Å². The summed E-state index contributed by atoms with van der Waals surface area (Å²) in [6, 6.07) is 14.3. The number of hydrogen-bond acceptors (Lipinski definition) is 3. The maximum Gasteiger partial charge on any atom is 0.243 e. The number of hydrogen-bond donors (Lipinski definition) is 2. The lowest BCUT2D eigenvalue weighted by molar-refractivity contribution is -0.123. The fourth-order valence-corrected chi connectivity index (χ4v) is 3.22. The quantitative estimate of drug-likeness (QED) is 0.617. The highest BCUT2D eigenvalue weighted by atomic mass is 35.5. The number of anilines is 1. The van der Waals surface area contributed by atoms with Crippen LogP contribution in [0, 0.1) is 13.8 Å². The number of nitrogens with one attached hydrogen (secondary N) is 2. The summed E-state index contributed by atoms with van der Waals surface area (Å²) in [7, 11) is 0. The van der Waals surface area contributed by atoms with E-state index in [0.29, 0.717) is 15.7 Å². The van der Waals surface area contributed by atoms with Crippen LogP contribution in [0.15, 0.2) is 48.5 Å². The number of para-hydroxylation sites is 1. The SMILES string of the molecule is Cc1nn(-c2ccc(Cl)c(Cl)c2)c(C)c1CC(=O)NCC(=O)Nc1ccccc1. The molecule has 3 aromatic rings. The first-order valence-electron chi connectivity index (χ1n) is 8.97. The van der Waals surface area contributed by atoms with Crippen molar-refractivity contribution in [3.8, 4) is 5.69 Å². The van der Waals surface area contributed by atoms with Gasteiger partial charge in [-0.25, -0.2) is 4.68 Å². The number of rotatable bonds is 6. The van der Waals surface area contributed by atoms with Crippen molar-refractivity contribution < 1.29 is 9.59 Å². The Morgan fingerprint density at radius 3 is 2.41 bits per heavy atom. The van der Waals surface area contributed by atoms with E-state index < -0.39 is 0 Å². The third kappa shape index (κ3) is 5.16. The number of benzene rings is 2. The Labute approximate surface area is 178 Å². The first-order chi connectivity index (χ1) is 13.8. The third-order valence-corrected chi connectivity index (χ3v) is 5.17. The molecule has 0 unspecified atom stereocenters. The average molecular weight is 431 g/mol. The normalized spacial score (nSPS) is 10.6. The molecule has 0 saturated carbocycles. The minimum absolute atomic E-state index is 0.104. The summed E-state index contributed by atoms with van der Waals surface area (Å²) in [4.78, 5) is 24.3. The largest absolute Gasteiger partial charge is 0.347 e. The summed E-state index contributed by atoms with van der Waals surface area (Å²) in [5.41, 5.74) is 3.80. The molecule has 0 bridgehead atoms. The maximum absolute atomic E-state index is 12.4. The Morgan fingerprint density at radius 1 is 1.00 bits per heavy atom. The monoisotopic (exact) mass is 430 g/mol. The summed E-state index contributed by atoms with van der Waals surface area (Å²) in [5.74, 6) is -0.544. The van der Waals surface area contributed by atoms with Crippen molar-refractivity contribution in [2.24, 2.45) is 0 Å². The Morgan fingerprint density at radius 2 is 1.72 bits per heavy atom. The summed E-state index contributed by atoms with van der Waals surface area (Å²) in [6.07, 6.45) is 0.123. The molecule has 2 N–H and O–H groups in total. The van der Waals surface area contributed by atoms with E-state index in [-0.39, 0.29) is 24.8 Å². The van der Waals surface area contributed by atoms with E-state index in [2.05, 4.69) is 15.7 Å². The molecule has 150 valence electrons. The molecular formula is C21H20Cl2N4O2. The molecule has 1 aromatic heterocycles. The van der Waals surface area contributed by atoms with Crippen LogP contribution in [0.1, 0.15) is 17.0 Å². The van der Waals surface area contributed by atoms with Gasteiger partial charge in [-0.3, -0.25) is 9.59 Å². The van der Waals surface area contributed by atoms with Crippen LogP contribution in [0.5, 0.6) is 0 Å². The summed E-state index contributed by atoms with van der Waals surface area (Å²) in [5, 5.41) is 10.8. The zero-order chi connectivity index (χ0) is 21.0. The number of nitrogens with zero attached hydrogens (tertiary/aromatic N) is 2. The maximum atomic E-state index is 12.4. The van der Waals surface area contributed by atoms with Gasteiger partial charge in [0.25, 0.3) is 0 Å². The molecule has 0 aliphatic heterocycles. The van der Waals surface area contributed by atoms with Gasteiger partial charge in [0.05, 0.1) is 34.4 Å². The Bertz CT molecular complexity index is 1050. The molecule has 8 heteroatoms. The van der Waals surface area contributed by atoms with Crippen LogP contribution in [0.3, 0.4) is 0 Å². The molecule has 2 aromatic carbocycles. The summed E-state index contributed by atoms with van der Waals surface area (Å²) in [6.45, 7) is 3.62. The van der Waals surface area contributed by atoms with Crippen molar-refractivity contribution in [1.82, 2.24) is 15.1 Å². The molecule has 0 atom stereocenters. The fourth-order valence-electron chi connectivity index (χ4n) is 2.93. The first kappa shape index (κ1) is 20.9. The highest BCUT2D eigenvalue weighted by Gasteiger charge is 2.17. The molecule has 2 amide bonds. The molecule has 0 aliphatic carbocycles. The topological polar surface area (TPSA) is 76.0 Å². The van der Waals surface area contributed by atoms with E-state index in [1.807, 2.05) is 38.1 Å². The van der Waals surface area contributed by atoms with E-state index >= 15 is 0 Å². The molecule has 0 radical (unpaired) electrons. The van der Waals surface area contributed by atoms with Gasteiger partial charge >= 0.3 is 0 Å². The Hall–Kier alpha value is -2.83. The lowest BCUT2D eigenvalue weighted by Gasteiger charge is -2.08. The molecule has 1 heterocycles. The van der Waals surface area contributed by atoms with Crippen LogP contribution in [-0.2, 0) is 16.0 Å². The van der Waals surface area contributed by atoms with E-state index in [0.717, 1.165) is 22.6 Å². The highest BCUT2D eigenvalue weighted by molar-refractivity contribution is 6.42. The van der Waals surface area contributed by atoms with Crippen molar-refractivity contribution in [2.45, 2.75) is 20.3 Å². The molecule has 29 heavy (non-hydrogen) atoms. The zero-order valence-corrected chi connectivity index (χ0v) is 17.5. The number of carbonyl (C=O) groups is 2. The van der Waals surface area contributed by atoms with E-state index in [9.17, 15) is 9.59 Å². The number of aromatic nitrogens is 2. The van der Waals surface area contributed by atoms with E-state index in [1.54, 1.807) is 28.9 Å². The summed E-state index contributed by atoms with van der Waals surface area (Å²) >= 11 is 12.1. The number of halogens is 2. The molecule has 3 rings (SSSR count). The molecule has 6 nitrogen and oxygen atoms in total. The summed E-state index contributed by atoms with van der Waals surface area (Å²) < 4.78 is 1.72. The van der Waals surface area contributed by atoms with Crippen molar-refractivity contribution in [3.63, 3.8) is 0 Å². The minimum atomic E-state index is -0.288. The number of carbonyl (C=O) groups excluding carboxylic acids is 2. The minimum Gasteiger partial charge on any atom is -0.347 e. The lowest BCUT2D eigenvalue weighted by Crippen LogP contribution is -2.33. The van der Waals surface area contributed by atoms with Crippen molar-refractivity contribution >= 4 is 40.7 Å². The molecular weight excluding hydrogens is 411 g/mol. The standard InChI is InChI=1S/C21H20Cl2N4O2/c1-13-17(14(2)27(26-13)16-8-9-18(22)19(23)10-16)11-20(28)24-12-21(29)25-15-6-4-3-5-7-15/h3-10H,11-12H2,1-2H3,(H,24,28)(H,25,29). The molecule has 0 aliphatic rings. The lowest BCUT2D eigenvalue weighted by atomic mass is 10.1. The van der Waals surface area contributed by atoms with Crippen molar-refractivity contribution in [3.05, 3.63) is 75.5 Å². The van der Waals surface area contributed by atoms with Gasteiger partial charge in [-0.1, -0.05) is 41.4 Å². The van der Waals surface area contributed by atoms with Gasteiger partial charge in [-0.15, -0.1) is 0 Å². The highest BCUT2D eigenvalue weighted by Crippen LogP contribution is 2.26. The second-order valence-electron chi connectivity index (χ2n) is 6.53. The van der Waals surface area contributed by atoms with Crippen LogP contribution in [-0.4, -0.2) is 28.1 Å². The van der Waals surface area contributed by atoms with Crippen LogP contribution in [0.4, 0.5) is 5.69 Å². The molecule has 0 spiro atoms. The van der Waals surface area contributed by atoms with Gasteiger partial charge in [0.2, 0.25) is 11.8 Å². The predicted molar refractivity (Wildman–Crippen MR) is 115 cm³/mol. The van der Waals surface area contributed by atoms with E-state index in [1.165, 1.54) is 0 Å². The molecule has 0 fully saturated rings. The van der Waals surface area contributed by atoms with Gasteiger partial charge in [0.1, 0.15) is 0 Å². The Kier molecular flexibility index (Phi) is 6.56. The second-order valence-corrected chi connectivity index (χ2v) is 7.34. The Balaban J connectivity index is 1.64. The fraction of sp³-hybridized carbons (Fsp3) is 0.190. The van der Waals surface area contributed by atoms with Gasteiger partial charge < -0.3 is 10.6 Å². The van der Waals surface area contributed by atoms with Crippen LogP contribution in [0.25, 0.3) is 5.69 Å². The number of amides is 2. The third-order valence-electron chi connectivity index (χ3n) is 4.43. The van der Waals surface area contributed by atoms with Crippen LogP contribution in [0.2, 0.25) is 10.0 Å². The average Bonchev–Trinajstić information content (AvgIpc) is 2.97. The van der Waals surface area contributed by atoms with Gasteiger partial charge in [-0.05, 0) is 44.2 Å². The molecule has 0 saturated heterocycles. The van der Waals surface area contributed by atoms with Crippen LogP contribution >= 0.6 is 23.2 Å². The van der Waals surface area contributed by atoms with Gasteiger partial charge in [-0.2, -0.15) is 5.10 Å². The van der Waals surface area contributed by atoms with Crippen molar-refractivity contribution in [1.29, 1.82) is 0 Å². The second kappa shape index (κ2) is 9.11. The predicted octanol–water partition coefficient (Wildman–Crippen LogP) is 4.09. The van der Waals surface area contributed by atoms with Gasteiger partial charge in [0.15, 0.2) is 0 Å². The zero-order valence-electron chi connectivity index (χ0n) is 16.0. The first-order valence-corrected chi connectivity index (χ1v) is 9.73. The van der Waals surface area contributed by atoms with Crippen molar-refractivity contribution in [2.75, 3.05) is 11.9 Å².